The molecule has 0 heterocycles. The molecular weight excluding hydrogens is 436 g/mol. The van der Waals surface area contributed by atoms with Gasteiger partial charge in [-0.2, -0.15) is 10.5 Å². The highest BCUT2D eigenvalue weighted by atomic mass is 32.2. The molecule has 0 aliphatic rings. The summed E-state index contributed by atoms with van der Waals surface area (Å²) in [4.78, 5) is 2.24. The van der Waals surface area contributed by atoms with Gasteiger partial charge in [0.25, 0.3) is 0 Å². The second-order valence-electron chi connectivity index (χ2n) is 7.90. The smallest absolute Gasteiger partial charge is 0.229 e. The number of unbranched alkanes of at least 4 members (excludes halogenated alkanes) is 2. The minimum absolute atomic E-state index is 0.160. The zero-order chi connectivity index (χ0) is 24.4. The number of azo groups is 1. The van der Waals surface area contributed by atoms with Crippen molar-refractivity contribution in [1.29, 1.82) is 10.5 Å². The van der Waals surface area contributed by atoms with Gasteiger partial charge in [0, 0.05) is 18.8 Å². The van der Waals surface area contributed by atoms with Crippen LogP contribution >= 0.6 is 0 Å². The molecule has 0 spiro atoms. The van der Waals surface area contributed by atoms with Crippen LogP contribution in [0.15, 0.2) is 40.6 Å². The maximum absolute atomic E-state index is 12.0. The van der Waals surface area contributed by atoms with Crippen molar-refractivity contribution in [1.82, 2.24) is 0 Å². The van der Waals surface area contributed by atoms with Crippen LogP contribution in [0.2, 0.25) is 0 Å². The number of nitrogens with one attached hydrogen (secondary N) is 1. The van der Waals surface area contributed by atoms with Gasteiger partial charge in [-0.15, -0.1) is 10.2 Å². The fraction of sp³-hybridized carbons (Fsp3) is 0.417. The van der Waals surface area contributed by atoms with Crippen LogP contribution in [-0.4, -0.2) is 27.8 Å². The van der Waals surface area contributed by atoms with E-state index in [0.29, 0.717) is 11.4 Å². The Labute approximate surface area is 196 Å². The van der Waals surface area contributed by atoms with E-state index < -0.39 is 10.0 Å². The summed E-state index contributed by atoms with van der Waals surface area (Å²) in [6.07, 6.45) is 5.25. The number of rotatable bonds is 11. The molecule has 0 fully saturated rings. The molecule has 2 aromatic rings. The number of nitrogens with zero attached hydrogens (tertiary/aromatic N) is 5. The number of nitriles is 2. The molecule has 2 aromatic carbocycles. The zero-order valence-corrected chi connectivity index (χ0v) is 20.4. The molecule has 0 aromatic heterocycles. The van der Waals surface area contributed by atoms with E-state index in [4.69, 9.17) is 0 Å². The molecule has 0 saturated carbocycles. The SMILES string of the molecule is CCCCN(CCCC)c1ccc(/N=N/c2c(C#N)cc(C)cc2C#N)c(NS(C)(=O)=O)c1. The monoisotopic (exact) mass is 466 g/mol. The van der Waals surface area contributed by atoms with Gasteiger partial charge in [0.15, 0.2) is 0 Å². The van der Waals surface area contributed by atoms with Crippen molar-refractivity contribution in [3.63, 3.8) is 0 Å². The Bertz CT molecular complexity index is 1150. The first kappa shape index (κ1) is 25.8. The van der Waals surface area contributed by atoms with Gasteiger partial charge in [-0.05, 0) is 55.7 Å². The van der Waals surface area contributed by atoms with Gasteiger partial charge in [0.05, 0.1) is 23.1 Å². The largest absolute Gasteiger partial charge is 0.371 e. The minimum Gasteiger partial charge on any atom is -0.371 e. The molecule has 2 rings (SSSR count). The molecule has 8 nitrogen and oxygen atoms in total. The Morgan fingerprint density at radius 1 is 0.970 bits per heavy atom. The van der Waals surface area contributed by atoms with Crippen LogP contribution in [0.5, 0.6) is 0 Å². The third-order valence-electron chi connectivity index (χ3n) is 4.96. The van der Waals surface area contributed by atoms with Gasteiger partial charge in [-0.25, -0.2) is 8.42 Å². The number of anilines is 2. The van der Waals surface area contributed by atoms with Crippen molar-refractivity contribution >= 4 is 32.8 Å². The van der Waals surface area contributed by atoms with Gasteiger partial charge in [-0.1, -0.05) is 26.7 Å². The summed E-state index contributed by atoms with van der Waals surface area (Å²) < 4.78 is 26.5. The number of benzene rings is 2. The van der Waals surface area contributed by atoms with E-state index in [-0.39, 0.29) is 16.8 Å². The third kappa shape index (κ3) is 7.58. The van der Waals surface area contributed by atoms with E-state index in [0.717, 1.165) is 56.3 Å². The quantitative estimate of drug-likeness (QED) is 0.411. The highest BCUT2D eigenvalue weighted by molar-refractivity contribution is 7.92. The molecule has 0 aliphatic carbocycles. The predicted octanol–water partition coefficient (Wildman–Crippen LogP) is 5.93. The summed E-state index contributed by atoms with van der Waals surface area (Å²) in [5.74, 6) is 0. The van der Waals surface area contributed by atoms with E-state index in [1.807, 2.05) is 18.2 Å². The Balaban J connectivity index is 2.53. The van der Waals surface area contributed by atoms with Crippen molar-refractivity contribution < 1.29 is 8.42 Å². The Kier molecular flexibility index (Phi) is 9.38. The maximum atomic E-state index is 12.0. The van der Waals surface area contributed by atoms with Crippen LogP contribution in [-0.2, 0) is 10.0 Å². The second-order valence-corrected chi connectivity index (χ2v) is 9.65. The van der Waals surface area contributed by atoms with Crippen molar-refractivity contribution in [2.24, 2.45) is 10.2 Å². The Morgan fingerprint density at radius 3 is 2.03 bits per heavy atom. The highest BCUT2D eigenvalue weighted by Gasteiger charge is 2.14. The summed E-state index contributed by atoms with van der Waals surface area (Å²) >= 11 is 0. The van der Waals surface area contributed by atoms with Crippen LogP contribution in [0.3, 0.4) is 0 Å². The fourth-order valence-corrected chi connectivity index (χ4v) is 3.88. The van der Waals surface area contributed by atoms with Crippen molar-refractivity contribution in [2.45, 2.75) is 46.5 Å². The topological polar surface area (TPSA) is 122 Å². The number of hydrogen-bond acceptors (Lipinski definition) is 7. The van der Waals surface area contributed by atoms with E-state index in [1.165, 1.54) is 0 Å². The summed E-state index contributed by atoms with van der Waals surface area (Å²) in [5.41, 5.74) is 2.87. The lowest BCUT2D eigenvalue weighted by molar-refractivity contribution is 0.607. The van der Waals surface area contributed by atoms with Crippen LogP contribution < -0.4 is 9.62 Å². The molecule has 0 unspecified atom stereocenters. The standard InChI is InChI=1S/C24H30N6O2S/c1-5-7-11-30(12-8-6-2)21-9-10-22(23(15-21)29-33(4,31)32)27-28-24-19(16-25)13-18(3)14-20(24)17-26/h9-10,13-15,29H,5-8,11-12H2,1-4H3/b28-27+. The number of hydrogen-bond donors (Lipinski definition) is 1. The van der Waals surface area contributed by atoms with Crippen molar-refractivity contribution in [2.75, 3.05) is 29.0 Å². The summed E-state index contributed by atoms with van der Waals surface area (Å²) in [6.45, 7) is 7.80. The minimum atomic E-state index is -3.57. The van der Waals surface area contributed by atoms with Crippen LogP contribution in [0.4, 0.5) is 22.7 Å². The first-order chi connectivity index (χ1) is 15.7. The lowest BCUT2D eigenvalue weighted by Crippen LogP contribution is -2.25. The molecule has 0 bridgehead atoms. The highest BCUT2D eigenvalue weighted by Crippen LogP contribution is 2.34. The predicted molar refractivity (Wildman–Crippen MR) is 132 cm³/mol. The zero-order valence-electron chi connectivity index (χ0n) is 19.6. The first-order valence-electron chi connectivity index (χ1n) is 11.0. The van der Waals surface area contributed by atoms with Crippen molar-refractivity contribution in [3.05, 3.63) is 47.0 Å². The van der Waals surface area contributed by atoms with Gasteiger partial charge in [-0.3, -0.25) is 4.72 Å². The normalized spacial score (nSPS) is 11.2. The molecule has 174 valence electrons. The molecule has 1 N–H and O–H groups in total. The average molecular weight is 467 g/mol. The van der Waals surface area contributed by atoms with E-state index in [1.54, 1.807) is 31.2 Å². The molecular formula is C24H30N6O2S. The van der Waals surface area contributed by atoms with E-state index in [2.05, 4.69) is 33.7 Å². The lowest BCUT2D eigenvalue weighted by atomic mass is 10.1. The molecule has 0 aliphatic heterocycles. The van der Waals surface area contributed by atoms with Gasteiger partial charge in [0.1, 0.15) is 23.5 Å². The molecule has 0 atom stereocenters. The number of aryl methyl sites for hydroxylation is 1. The average Bonchev–Trinajstić information content (AvgIpc) is 2.77. The third-order valence-corrected chi connectivity index (χ3v) is 5.55. The van der Waals surface area contributed by atoms with Gasteiger partial charge >= 0.3 is 0 Å². The van der Waals surface area contributed by atoms with Crippen LogP contribution in [0.25, 0.3) is 0 Å². The van der Waals surface area contributed by atoms with Gasteiger partial charge in [0.2, 0.25) is 10.0 Å². The summed E-state index contributed by atoms with van der Waals surface area (Å²) in [5, 5.41) is 27.3. The van der Waals surface area contributed by atoms with Gasteiger partial charge < -0.3 is 4.90 Å². The molecule has 0 saturated heterocycles. The maximum Gasteiger partial charge on any atom is 0.229 e. The van der Waals surface area contributed by atoms with E-state index >= 15 is 0 Å². The molecule has 0 radical (unpaired) electrons. The van der Waals surface area contributed by atoms with Crippen molar-refractivity contribution in [3.8, 4) is 12.1 Å². The van der Waals surface area contributed by atoms with Crippen LogP contribution in [0.1, 0.15) is 56.2 Å². The summed E-state index contributed by atoms with van der Waals surface area (Å²) in [6, 6.07) is 12.7. The van der Waals surface area contributed by atoms with E-state index in [9.17, 15) is 18.9 Å². The molecule has 0 amide bonds. The lowest BCUT2D eigenvalue weighted by Gasteiger charge is -2.25. The first-order valence-corrected chi connectivity index (χ1v) is 12.8. The number of sulfonamides is 1. The Hall–Kier alpha value is -3.43. The second kappa shape index (κ2) is 12.0. The molecule has 9 heteroatoms. The molecule has 33 heavy (non-hydrogen) atoms. The fourth-order valence-electron chi connectivity index (χ4n) is 3.32. The van der Waals surface area contributed by atoms with Crippen LogP contribution in [0, 0.1) is 29.6 Å². The Morgan fingerprint density at radius 2 is 1.55 bits per heavy atom. The summed E-state index contributed by atoms with van der Waals surface area (Å²) in [7, 11) is -3.57.